The van der Waals surface area contributed by atoms with Crippen molar-refractivity contribution in [3.05, 3.63) is 51.2 Å². The standard InChI is InChI=1S/C16H18ClNO2S/c1-11-5-3-4-6-14(11)18(8-7-16(19)20)12(2)13-9-15(17)21-10-13/h3-6,9-10,12H,7-8H2,1-2H3,(H,19,20). The number of benzene rings is 1. The zero-order valence-corrected chi connectivity index (χ0v) is 13.6. The van der Waals surface area contributed by atoms with Crippen LogP contribution in [0.25, 0.3) is 0 Å². The molecular formula is C16H18ClNO2S. The molecule has 112 valence electrons. The predicted molar refractivity (Wildman–Crippen MR) is 88.5 cm³/mol. The average Bonchev–Trinajstić information content (AvgIpc) is 2.87. The van der Waals surface area contributed by atoms with Gasteiger partial charge in [0.1, 0.15) is 0 Å². The summed E-state index contributed by atoms with van der Waals surface area (Å²) in [5.74, 6) is -0.788. The van der Waals surface area contributed by atoms with Crippen molar-refractivity contribution < 1.29 is 9.90 Å². The molecule has 0 bridgehead atoms. The second-order valence-electron chi connectivity index (χ2n) is 4.98. The van der Waals surface area contributed by atoms with E-state index in [0.29, 0.717) is 6.54 Å². The molecule has 1 heterocycles. The number of anilines is 1. The molecule has 0 saturated carbocycles. The van der Waals surface area contributed by atoms with Crippen LogP contribution in [0, 0.1) is 6.92 Å². The highest BCUT2D eigenvalue weighted by Crippen LogP contribution is 2.33. The Bertz CT molecular complexity index is 626. The first-order chi connectivity index (χ1) is 9.99. The molecule has 1 unspecified atom stereocenters. The molecule has 2 rings (SSSR count). The summed E-state index contributed by atoms with van der Waals surface area (Å²) in [4.78, 5) is 13.1. The van der Waals surface area contributed by atoms with E-state index in [1.165, 1.54) is 11.3 Å². The molecule has 21 heavy (non-hydrogen) atoms. The summed E-state index contributed by atoms with van der Waals surface area (Å²) < 4.78 is 0.750. The second kappa shape index (κ2) is 6.96. The summed E-state index contributed by atoms with van der Waals surface area (Å²) in [6.45, 7) is 4.58. The van der Waals surface area contributed by atoms with E-state index in [1.54, 1.807) is 0 Å². The third-order valence-corrected chi connectivity index (χ3v) is 4.64. The predicted octanol–water partition coefficient (Wildman–Crippen LogP) is 4.75. The molecule has 2 aromatic rings. The Morgan fingerprint density at radius 2 is 2.14 bits per heavy atom. The zero-order chi connectivity index (χ0) is 15.4. The van der Waals surface area contributed by atoms with Crippen LogP contribution >= 0.6 is 22.9 Å². The quantitative estimate of drug-likeness (QED) is 0.833. The van der Waals surface area contributed by atoms with E-state index in [0.717, 1.165) is 21.2 Å². The molecule has 5 heteroatoms. The topological polar surface area (TPSA) is 40.5 Å². The highest BCUT2D eigenvalue weighted by Gasteiger charge is 2.19. The number of thiophene rings is 1. The van der Waals surface area contributed by atoms with Gasteiger partial charge in [-0.3, -0.25) is 4.79 Å². The van der Waals surface area contributed by atoms with Crippen LogP contribution in [0.15, 0.2) is 35.7 Å². The van der Waals surface area contributed by atoms with Gasteiger partial charge < -0.3 is 10.0 Å². The molecule has 0 aliphatic carbocycles. The Morgan fingerprint density at radius 3 is 2.71 bits per heavy atom. The summed E-state index contributed by atoms with van der Waals surface area (Å²) in [5, 5.41) is 11.0. The Balaban J connectivity index is 2.31. The van der Waals surface area contributed by atoms with Gasteiger partial charge in [-0.15, -0.1) is 11.3 Å². The second-order valence-corrected chi connectivity index (χ2v) is 6.53. The molecule has 0 aliphatic rings. The Labute approximate surface area is 133 Å². The normalized spacial score (nSPS) is 12.1. The van der Waals surface area contributed by atoms with E-state index in [9.17, 15) is 4.79 Å². The van der Waals surface area contributed by atoms with Crippen molar-refractivity contribution in [1.29, 1.82) is 0 Å². The van der Waals surface area contributed by atoms with Crippen molar-refractivity contribution in [3.63, 3.8) is 0 Å². The van der Waals surface area contributed by atoms with Crippen molar-refractivity contribution in [3.8, 4) is 0 Å². The van der Waals surface area contributed by atoms with Gasteiger partial charge in [0.2, 0.25) is 0 Å². The SMILES string of the molecule is Cc1ccccc1N(CCC(=O)O)C(C)c1csc(Cl)c1. The van der Waals surface area contributed by atoms with Crippen LogP contribution < -0.4 is 4.90 Å². The molecule has 0 fully saturated rings. The van der Waals surface area contributed by atoms with Crippen molar-refractivity contribution in [1.82, 2.24) is 0 Å². The maximum Gasteiger partial charge on any atom is 0.305 e. The summed E-state index contributed by atoms with van der Waals surface area (Å²) in [6.07, 6.45) is 0.108. The van der Waals surface area contributed by atoms with Gasteiger partial charge in [0.15, 0.2) is 0 Å². The van der Waals surface area contributed by atoms with Crippen LogP contribution in [0.1, 0.15) is 30.5 Å². The zero-order valence-electron chi connectivity index (χ0n) is 12.0. The van der Waals surface area contributed by atoms with Gasteiger partial charge in [0.25, 0.3) is 0 Å². The first kappa shape index (κ1) is 15.9. The van der Waals surface area contributed by atoms with Crippen LogP contribution in [0.4, 0.5) is 5.69 Å². The van der Waals surface area contributed by atoms with E-state index in [4.69, 9.17) is 16.7 Å². The van der Waals surface area contributed by atoms with E-state index in [1.807, 2.05) is 42.6 Å². The molecule has 0 saturated heterocycles. The lowest BCUT2D eigenvalue weighted by atomic mass is 10.1. The van der Waals surface area contributed by atoms with Gasteiger partial charge in [-0.05, 0) is 42.5 Å². The third kappa shape index (κ3) is 3.99. The monoisotopic (exact) mass is 323 g/mol. The number of aryl methyl sites for hydroxylation is 1. The van der Waals surface area contributed by atoms with Crippen molar-refractivity contribution in [2.45, 2.75) is 26.3 Å². The number of nitrogens with zero attached hydrogens (tertiary/aromatic N) is 1. The number of rotatable bonds is 6. The minimum absolute atomic E-state index is 0.0780. The summed E-state index contributed by atoms with van der Waals surface area (Å²) in [7, 11) is 0. The lowest BCUT2D eigenvalue weighted by Crippen LogP contribution is -2.29. The molecule has 1 aromatic heterocycles. The molecule has 3 nitrogen and oxygen atoms in total. The largest absolute Gasteiger partial charge is 0.481 e. The van der Waals surface area contributed by atoms with Crippen LogP contribution in [-0.2, 0) is 4.79 Å². The Kier molecular flexibility index (Phi) is 5.26. The fourth-order valence-corrected chi connectivity index (χ4v) is 3.32. The first-order valence-corrected chi connectivity index (χ1v) is 8.03. The lowest BCUT2D eigenvalue weighted by molar-refractivity contribution is -0.136. The maximum absolute atomic E-state index is 10.9. The van der Waals surface area contributed by atoms with Crippen LogP contribution in [0.5, 0.6) is 0 Å². The smallest absolute Gasteiger partial charge is 0.305 e. The number of halogens is 1. The molecule has 0 amide bonds. The number of carboxylic acids is 1. The minimum atomic E-state index is -0.788. The molecule has 1 N–H and O–H groups in total. The van der Waals surface area contributed by atoms with Gasteiger partial charge in [-0.1, -0.05) is 29.8 Å². The summed E-state index contributed by atoms with van der Waals surface area (Å²) in [5.41, 5.74) is 3.31. The van der Waals surface area contributed by atoms with Gasteiger partial charge in [0, 0.05) is 12.2 Å². The number of carboxylic acid groups (broad SMARTS) is 1. The lowest BCUT2D eigenvalue weighted by Gasteiger charge is -2.32. The van der Waals surface area contributed by atoms with Gasteiger partial charge in [-0.2, -0.15) is 0 Å². The van der Waals surface area contributed by atoms with E-state index in [2.05, 4.69) is 11.8 Å². The minimum Gasteiger partial charge on any atom is -0.481 e. The molecule has 0 aliphatic heterocycles. The molecular weight excluding hydrogens is 306 g/mol. The summed E-state index contributed by atoms with van der Waals surface area (Å²) in [6, 6.07) is 10.1. The van der Waals surface area contributed by atoms with Gasteiger partial charge >= 0.3 is 5.97 Å². The van der Waals surface area contributed by atoms with E-state index < -0.39 is 5.97 Å². The Morgan fingerprint density at radius 1 is 1.43 bits per heavy atom. The van der Waals surface area contributed by atoms with Crippen LogP contribution in [-0.4, -0.2) is 17.6 Å². The third-order valence-electron chi connectivity index (χ3n) is 3.53. The molecule has 1 atom stereocenters. The average molecular weight is 324 g/mol. The van der Waals surface area contributed by atoms with Crippen molar-refractivity contribution in [2.75, 3.05) is 11.4 Å². The maximum atomic E-state index is 10.9. The first-order valence-electron chi connectivity index (χ1n) is 6.77. The fourth-order valence-electron chi connectivity index (χ4n) is 2.35. The molecule has 1 aromatic carbocycles. The Hall–Kier alpha value is -1.52. The molecule has 0 spiro atoms. The number of hydrogen-bond donors (Lipinski definition) is 1. The van der Waals surface area contributed by atoms with Crippen LogP contribution in [0.3, 0.4) is 0 Å². The van der Waals surface area contributed by atoms with Crippen molar-refractivity contribution in [2.24, 2.45) is 0 Å². The van der Waals surface area contributed by atoms with Crippen LogP contribution in [0.2, 0.25) is 4.34 Å². The molecule has 0 radical (unpaired) electrons. The van der Waals surface area contributed by atoms with Gasteiger partial charge in [-0.25, -0.2) is 0 Å². The van der Waals surface area contributed by atoms with E-state index >= 15 is 0 Å². The number of aliphatic carboxylic acids is 1. The van der Waals surface area contributed by atoms with Gasteiger partial charge in [0.05, 0.1) is 16.8 Å². The number of para-hydroxylation sites is 1. The highest BCUT2D eigenvalue weighted by atomic mass is 35.5. The highest BCUT2D eigenvalue weighted by molar-refractivity contribution is 7.14. The number of hydrogen-bond acceptors (Lipinski definition) is 3. The summed E-state index contributed by atoms with van der Waals surface area (Å²) >= 11 is 7.52. The number of carbonyl (C=O) groups is 1. The van der Waals surface area contributed by atoms with E-state index in [-0.39, 0.29) is 12.5 Å². The van der Waals surface area contributed by atoms with Crippen molar-refractivity contribution >= 4 is 34.6 Å². The fraction of sp³-hybridized carbons (Fsp3) is 0.312.